The lowest BCUT2D eigenvalue weighted by molar-refractivity contribution is -0.383. The number of hydrogen-bond acceptors (Lipinski definition) is 6. The van der Waals surface area contributed by atoms with Gasteiger partial charge in [-0.25, -0.2) is 9.97 Å². The number of halogens is 2. The second-order valence-electron chi connectivity index (χ2n) is 6.16. The van der Waals surface area contributed by atoms with E-state index in [9.17, 15) is 10.1 Å². The van der Waals surface area contributed by atoms with E-state index in [0.717, 1.165) is 32.2 Å². The molecule has 0 aliphatic carbocycles. The molecule has 1 aromatic carbocycles. The van der Waals surface area contributed by atoms with Crippen molar-refractivity contribution in [3.8, 4) is 0 Å². The molecule has 0 saturated carbocycles. The van der Waals surface area contributed by atoms with Crippen LogP contribution in [0.4, 0.5) is 23.0 Å². The smallest absolute Gasteiger partial charge is 0.348 e. The molecule has 1 fully saturated rings. The normalized spacial score (nSPS) is 17.2. The lowest BCUT2D eigenvalue weighted by Crippen LogP contribution is -2.40. The SMILES string of the molecule is CCC1CCCCN1c1ncnc(Nc2ccc(Cl)c(Cl)c2)c1[N+](=O)[O-]. The summed E-state index contributed by atoms with van der Waals surface area (Å²) in [5.41, 5.74) is 0.441. The third kappa shape index (κ3) is 3.83. The molecular formula is C17H19Cl2N5O2. The molecule has 138 valence electrons. The molecule has 2 heterocycles. The average Bonchev–Trinajstić information content (AvgIpc) is 2.64. The predicted octanol–water partition coefficient (Wildman–Crippen LogP) is 5.20. The summed E-state index contributed by atoms with van der Waals surface area (Å²) < 4.78 is 0. The number of rotatable bonds is 5. The number of nitrogens with one attached hydrogen (secondary N) is 1. The quantitative estimate of drug-likeness (QED) is 0.552. The van der Waals surface area contributed by atoms with Crippen LogP contribution in [-0.4, -0.2) is 27.5 Å². The lowest BCUT2D eigenvalue weighted by Gasteiger charge is -2.35. The summed E-state index contributed by atoms with van der Waals surface area (Å²) >= 11 is 12.0. The summed E-state index contributed by atoms with van der Waals surface area (Å²) in [6.45, 7) is 2.84. The maximum atomic E-state index is 11.8. The first-order valence-corrected chi connectivity index (χ1v) is 9.25. The summed E-state index contributed by atoms with van der Waals surface area (Å²) in [7, 11) is 0. The molecule has 1 saturated heterocycles. The topological polar surface area (TPSA) is 84.2 Å². The fraction of sp³-hybridized carbons (Fsp3) is 0.412. The molecule has 1 N–H and O–H groups in total. The molecule has 1 aliphatic heterocycles. The van der Waals surface area contributed by atoms with Crippen LogP contribution in [0.3, 0.4) is 0 Å². The van der Waals surface area contributed by atoms with Crippen molar-refractivity contribution in [2.75, 3.05) is 16.8 Å². The fourth-order valence-electron chi connectivity index (χ4n) is 3.25. The van der Waals surface area contributed by atoms with E-state index in [-0.39, 0.29) is 17.5 Å². The molecule has 9 heteroatoms. The van der Waals surface area contributed by atoms with Gasteiger partial charge in [0.1, 0.15) is 6.33 Å². The minimum Gasteiger partial charge on any atom is -0.348 e. The molecule has 1 aromatic heterocycles. The Morgan fingerprint density at radius 3 is 2.81 bits per heavy atom. The highest BCUT2D eigenvalue weighted by Crippen LogP contribution is 2.37. The van der Waals surface area contributed by atoms with E-state index < -0.39 is 4.92 Å². The minimum absolute atomic E-state index is 0.126. The van der Waals surface area contributed by atoms with E-state index >= 15 is 0 Å². The molecule has 1 aliphatic rings. The summed E-state index contributed by atoms with van der Waals surface area (Å²) in [5, 5.41) is 15.5. The van der Waals surface area contributed by atoms with Gasteiger partial charge in [-0.15, -0.1) is 0 Å². The van der Waals surface area contributed by atoms with Crippen LogP contribution in [0, 0.1) is 10.1 Å². The van der Waals surface area contributed by atoms with E-state index in [2.05, 4.69) is 22.2 Å². The molecule has 0 radical (unpaired) electrons. The van der Waals surface area contributed by atoms with Gasteiger partial charge in [0.2, 0.25) is 11.6 Å². The number of piperidine rings is 1. The van der Waals surface area contributed by atoms with E-state index in [1.807, 2.05) is 4.90 Å². The number of nitro groups is 1. The first kappa shape index (κ1) is 18.7. The van der Waals surface area contributed by atoms with Gasteiger partial charge in [-0.05, 0) is 43.9 Å². The number of aromatic nitrogens is 2. The molecule has 1 unspecified atom stereocenters. The highest BCUT2D eigenvalue weighted by atomic mass is 35.5. The van der Waals surface area contributed by atoms with Crippen molar-refractivity contribution < 1.29 is 4.92 Å². The molecule has 7 nitrogen and oxygen atoms in total. The Labute approximate surface area is 161 Å². The predicted molar refractivity (Wildman–Crippen MR) is 104 cm³/mol. The molecule has 3 rings (SSSR count). The van der Waals surface area contributed by atoms with Gasteiger partial charge in [0, 0.05) is 18.3 Å². The average molecular weight is 396 g/mol. The molecule has 26 heavy (non-hydrogen) atoms. The van der Waals surface area contributed by atoms with Gasteiger partial charge in [-0.3, -0.25) is 10.1 Å². The van der Waals surface area contributed by atoms with Gasteiger partial charge in [-0.1, -0.05) is 30.1 Å². The Bertz CT molecular complexity index is 818. The van der Waals surface area contributed by atoms with Crippen molar-refractivity contribution in [1.82, 2.24) is 9.97 Å². The number of nitrogens with zero attached hydrogens (tertiary/aromatic N) is 4. The summed E-state index contributed by atoms with van der Waals surface area (Å²) in [5.74, 6) is 0.498. The Morgan fingerprint density at radius 1 is 1.31 bits per heavy atom. The van der Waals surface area contributed by atoms with E-state index in [4.69, 9.17) is 23.2 Å². The van der Waals surface area contributed by atoms with Gasteiger partial charge in [0.05, 0.1) is 15.0 Å². The number of hydrogen-bond donors (Lipinski definition) is 1. The first-order chi connectivity index (χ1) is 12.5. The van der Waals surface area contributed by atoms with Crippen LogP contribution in [0.25, 0.3) is 0 Å². The van der Waals surface area contributed by atoms with E-state index in [1.165, 1.54) is 6.33 Å². The van der Waals surface area contributed by atoms with Crippen molar-refractivity contribution in [1.29, 1.82) is 0 Å². The molecule has 0 bridgehead atoms. The van der Waals surface area contributed by atoms with Gasteiger partial charge in [0.25, 0.3) is 0 Å². The Morgan fingerprint density at radius 2 is 2.12 bits per heavy atom. The van der Waals surface area contributed by atoms with Crippen molar-refractivity contribution in [3.05, 3.63) is 44.7 Å². The third-order valence-corrected chi connectivity index (χ3v) is 5.28. The van der Waals surface area contributed by atoms with Crippen LogP contribution in [0.2, 0.25) is 10.0 Å². The zero-order valence-corrected chi connectivity index (χ0v) is 15.8. The van der Waals surface area contributed by atoms with Crippen molar-refractivity contribution in [2.24, 2.45) is 0 Å². The third-order valence-electron chi connectivity index (χ3n) is 4.54. The van der Waals surface area contributed by atoms with E-state index in [0.29, 0.717) is 21.6 Å². The summed E-state index contributed by atoms with van der Waals surface area (Å²) in [6.07, 6.45) is 5.39. The van der Waals surface area contributed by atoms with E-state index in [1.54, 1.807) is 18.2 Å². The second-order valence-corrected chi connectivity index (χ2v) is 6.97. The molecule has 2 aromatic rings. The van der Waals surface area contributed by atoms with Gasteiger partial charge >= 0.3 is 5.69 Å². The van der Waals surface area contributed by atoms with Crippen LogP contribution < -0.4 is 10.2 Å². The highest BCUT2D eigenvalue weighted by molar-refractivity contribution is 6.42. The second kappa shape index (κ2) is 8.05. The number of anilines is 3. The fourth-order valence-corrected chi connectivity index (χ4v) is 3.55. The molecular weight excluding hydrogens is 377 g/mol. The Kier molecular flexibility index (Phi) is 5.78. The van der Waals surface area contributed by atoms with Gasteiger partial charge in [0.15, 0.2) is 0 Å². The molecule has 1 atom stereocenters. The van der Waals surface area contributed by atoms with Crippen molar-refractivity contribution >= 4 is 46.2 Å². The minimum atomic E-state index is -0.434. The monoisotopic (exact) mass is 395 g/mol. The van der Waals surface area contributed by atoms with Gasteiger partial charge < -0.3 is 10.2 Å². The van der Waals surface area contributed by atoms with Gasteiger partial charge in [-0.2, -0.15) is 0 Å². The zero-order valence-electron chi connectivity index (χ0n) is 14.3. The van der Waals surface area contributed by atoms with Crippen LogP contribution >= 0.6 is 23.2 Å². The van der Waals surface area contributed by atoms with Crippen LogP contribution in [-0.2, 0) is 0 Å². The lowest BCUT2D eigenvalue weighted by atomic mass is 10.00. The number of benzene rings is 1. The first-order valence-electron chi connectivity index (χ1n) is 8.49. The van der Waals surface area contributed by atoms with Crippen LogP contribution in [0.5, 0.6) is 0 Å². The zero-order chi connectivity index (χ0) is 18.7. The van der Waals surface area contributed by atoms with Crippen LogP contribution in [0.1, 0.15) is 32.6 Å². The maximum absolute atomic E-state index is 11.8. The molecule has 0 spiro atoms. The Hall–Kier alpha value is -2.12. The molecule has 0 amide bonds. The van der Waals surface area contributed by atoms with Crippen LogP contribution in [0.15, 0.2) is 24.5 Å². The Balaban J connectivity index is 2.00. The summed E-state index contributed by atoms with van der Waals surface area (Å²) in [4.78, 5) is 21.7. The standard InChI is InChI=1S/C17H19Cl2N5O2/c1-2-12-5-3-4-8-23(12)17-15(24(25)26)16(20-10-21-17)22-11-6-7-13(18)14(19)9-11/h6-7,9-10,12H,2-5,8H2,1H3,(H,20,21,22). The maximum Gasteiger partial charge on any atom is 0.353 e. The van der Waals surface area contributed by atoms with Crippen molar-refractivity contribution in [2.45, 2.75) is 38.6 Å². The summed E-state index contributed by atoms with van der Waals surface area (Å²) in [6, 6.07) is 5.16. The largest absolute Gasteiger partial charge is 0.353 e. The highest BCUT2D eigenvalue weighted by Gasteiger charge is 2.31. The van der Waals surface area contributed by atoms with Crippen molar-refractivity contribution in [3.63, 3.8) is 0 Å².